The fourth-order valence-corrected chi connectivity index (χ4v) is 4.00. The van der Waals surface area contributed by atoms with Crippen molar-refractivity contribution in [2.75, 3.05) is 32.7 Å². The fraction of sp³-hybridized carbons (Fsp3) is 0.381. The summed E-state index contributed by atoms with van der Waals surface area (Å²) in [4.78, 5) is 44.1. The number of amides is 2. The number of piperazine rings is 1. The minimum atomic E-state index is -0.383. The van der Waals surface area contributed by atoms with E-state index in [0.717, 1.165) is 24.9 Å². The lowest BCUT2D eigenvalue weighted by Crippen LogP contribution is -2.57. The van der Waals surface area contributed by atoms with Gasteiger partial charge in [-0.3, -0.25) is 14.4 Å². The lowest BCUT2D eigenvalue weighted by molar-refractivity contribution is -0.135. The Morgan fingerprint density at radius 2 is 1.83 bits per heavy atom. The van der Waals surface area contributed by atoms with Crippen molar-refractivity contribution in [3.63, 3.8) is 0 Å². The van der Waals surface area contributed by atoms with Gasteiger partial charge in [0.05, 0.1) is 6.54 Å². The van der Waals surface area contributed by atoms with Gasteiger partial charge < -0.3 is 20.1 Å². The molecular weight excluding hydrogens is 392 g/mol. The fourth-order valence-electron chi connectivity index (χ4n) is 4.00. The maximum absolute atomic E-state index is 13.0. The van der Waals surface area contributed by atoms with Gasteiger partial charge in [-0.15, -0.1) is 12.4 Å². The van der Waals surface area contributed by atoms with E-state index in [0.29, 0.717) is 31.9 Å². The van der Waals surface area contributed by atoms with Crippen molar-refractivity contribution >= 4 is 24.2 Å². The van der Waals surface area contributed by atoms with Crippen molar-refractivity contribution in [1.82, 2.24) is 20.1 Å². The second-order valence-corrected chi connectivity index (χ2v) is 7.29. The number of aromatic nitrogens is 1. The zero-order valence-electron chi connectivity index (χ0n) is 16.1. The van der Waals surface area contributed by atoms with Gasteiger partial charge >= 0.3 is 0 Å². The van der Waals surface area contributed by atoms with Crippen molar-refractivity contribution < 1.29 is 9.59 Å². The number of pyridine rings is 1. The van der Waals surface area contributed by atoms with E-state index in [2.05, 4.69) is 10.3 Å². The number of benzene rings is 1. The summed E-state index contributed by atoms with van der Waals surface area (Å²) in [5, 5.41) is 3.07. The minimum absolute atomic E-state index is 0. The van der Waals surface area contributed by atoms with E-state index >= 15 is 0 Å². The summed E-state index contributed by atoms with van der Waals surface area (Å²) in [6.07, 6.45) is 1.71. The largest absolute Gasteiger partial charge is 0.336 e. The molecule has 2 aliphatic heterocycles. The first kappa shape index (κ1) is 21.1. The molecule has 8 heteroatoms. The molecular formula is C21H25ClN4O3. The highest BCUT2D eigenvalue weighted by Gasteiger charge is 2.32. The van der Waals surface area contributed by atoms with Gasteiger partial charge in [-0.2, -0.15) is 0 Å². The van der Waals surface area contributed by atoms with E-state index in [9.17, 15) is 14.4 Å². The van der Waals surface area contributed by atoms with E-state index < -0.39 is 0 Å². The van der Waals surface area contributed by atoms with Crippen molar-refractivity contribution in [1.29, 1.82) is 0 Å². The molecule has 2 amide bonds. The molecule has 0 radical (unpaired) electrons. The topological polar surface area (TPSA) is 85.5 Å². The summed E-state index contributed by atoms with van der Waals surface area (Å²) < 4.78 is 0. The monoisotopic (exact) mass is 416 g/mol. The third-order valence-electron chi connectivity index (χ3n) is 5.48. The Morgan fingerprint density at radius 1 is 1.03 bits per heavy atom. The average Bonchev–Trinajstić information content (AvgIpc) is 2.74. The predicted molar refractivity (Wildman–Crippen MR) is 113 cm³/mol. The molecule has 2 fully saturated rings. The molecule has 0 bridgehead atoms. The van der Waals surface area contributed by atoms with Crippen LogP contribution in [0.15, 0.2) is 47.3 Å². The van der Waals surface area contributed by atoms with Crippen LogP contribution in [0.3, 0.4) is 0 Å². The minimum Gasteiger partial charge on any atom is -0.336 e. The summed E-state index contributed by atoms with van der Waals surface area (Å²) in [7, 11) is 0. The lowest BCUT2D eigenvalue weighted by Gasteiger charge is -2.41. The van der Waals surface area contributed by atoms with E-state index in [1.165, 1.54) is 0 Å². The van der Waals surface area contributed by atoms with Crippen molar-refractivity contribution in [3.8, 4) is 11.3 Å². The number of H-pyrrole nitrogens is 1. The molecule has 2 aromatic rings. The van der Waals surface area contributed by atoms with Gasteiger partial charge in [0.2, 0.25) is 5.91 Å². The number of carbonyl (C=O) groups is 2. The first-order valence-electron chi connectivity index (χ1n) is 9.71. The second kappa shape index (κ2) is 9.24. The Hall–Kier alpha value is -2.64. The van der Waals surface area contributed by atoms with Crippen LogP contribution in [0.4, 0.5) is 0 Å². The molecule has 1 unspecified atom stereocenters. The van der Waals surface area contributed by atoms with E-state index in [4.69, 9.17) is 0 Å². The molecule has 1 aromatic heterocycles. The van der Waals surface area contributed by atoms with Gasteiger partial charge in [0.1, 0.15) is 5.56 Å². The summed E-state index contributed by atoms with van der Waals surface area (Å²) in [6.45, 7) is 2.87. The Balaban J connectivity index is 0.00000240. The molecule has 3 heterocycles. The first-order valence-corrected chi connectivity index (χ1v) is 9.71. The molecule has 1 atom stereocenters. The Morgan fingerprint density at radius 3 is 2.55 bits per heavy atom. The highest BCUT2D eigenvalue weighted by Crippen LogP contribution is 2.19. The Kier molecular flexibility index (Phi) is 6.71. The highest BCUT2D eigenvalue weighted by atomic mass is 35.5. The smallest absolute Gasteiger partial charge is 0.261 e. The second-order valence-electron chi connectivity index (χ2n) is 7.29. The molecule has 4 rings (SSSR count). The number of aromatic amines is 1. The van der Waals surface area contributed by atoms with Crippen molar-refractivity contribution in [2.24, 2.45) is 0 Å². The molecule has 29 heavy (non-hydrogen) atoms. The standard InChI is InChI=1S/C21H24N4O3.ClH/c26-19-13-22-10-12-25(19)16-7-4-11-24(14-16)21(28)17-8-9-18(23-20(17)27)15-5-2-1-3-6-15;/h1-3,5-6,8-9,16,22H,4,7,10-14H2,(H,23,27);1H. The van der Waals surface area contributed by atoms with Gasteiger partial charge in [0, 0.05) is 37.9 Å². The number of carbonyl (C=O) groups excluding carboxylic acids is 2. The van der Waals surface area contributed by atoms with E-state index in [-0.39, 0.29) is 41.4 Å². The number of likely N-dealkylation sites (tertiary alicyclic amines) is 1. The van der Waals surface area contributed by atoms with Gasteiger partial charge in [0.15, 0.2) is 0 Å². The number of rotatable bonds is 3. The highest BCUT2D eigenvalue weighted by molar-refractivity contribution is 5.94. The molecule has 0 saturated carbocycles. The molecule has 7 nitrogen and oxygen atoms in total. The van der Waals surface area contributed by atoms with Crippen LogP contribution >= 0.6 is 12.4 Å². The van der Waals surface area contributed by atoms with Crippen LogP contribution in [-0.4, -0.2) is 65.4 Å². The van der Waals surface area contributed by atoms with Crippen molar-refractivity contribution in [2.45, 2.75) is 18.9 Å². The number of nitrogens with one attached hydrogen (secondary N) is 2. The zero-order chi connectivity index (χ0) is 19.5. The lowest BCUT2D eigenvalue weighted by atomic mass is 10.0. The molecule has 154 valence electrons. The van der Waals surface area contributed by atoms with Crippen LogP contribution in [0.2, 0.25) is 0 Å². The van der Waals surface area contributed by atoms with Crippen LogP contribution in [-0.2, 0) is 4.79 Å². The summed E-state index contributed by atoms with van der Waals surface area (Å²) in [5.41, 5.74) is 1.35. The number of hydrogen-bond donors (Lipinski definition) is 2. The van der Waals surface area contributed by atoms with Gasteiger partial charge in [0.25, 0.3) is 11.5 Å². The van der Waals surface area contributed by atoms with Crippen LogP contribution in [0, 0.1) is 0 Å². The maximum atomic E-state index is 13.0. The van der Waals surface area contributed by atoms with Gasteiger partial charge in [-0.25, -0.2) is 0 Å². The normalized spacial score (nSPS) is 19.6. The number of hydrogen-bond acceptors (Lipinski definition) is 4. The third-order valence-corrected chi connectivity index (χ3v) is 5.48. The van der Waals surface area contributed by atoms with Crippen LogP contribution in [0.1, 0.15) is 23.2 Å². The van der Waals surface area contributed by atoms with E-state index in [1.54, 1.807) is 17.0 Å². The van der Waals surface area contributed by atoms with Crippen LogP contribution < -0.4 is 10.9 Å². The van der Waals surface area contributed by atoms with Gasteiger partial charge in [-0.05, 0) is 30.5 Å². The quantitative estimate of drug-likeness (QED) is 0.794. The number of nitrogens with zero attached hydrogens (tertiary/aromatic N) is 2. The summed E-state index contributed by atoms with van der Waals surface area (Å²) in [6, 6.07) is 12.9. The third kappa shape index (κ3) is 4.52. The van der Waals surface area contributed by atoms with Crippen LogP contribution in [0.25, 0.3) is 11.3 Å². The predicted octanol–water partition coefficient (Wildman–Crippen LogP) is 1.50. The molecule has 0 spiro atoms. The van der Waals surface area contributed by atoms with E-state index in [1.807, 2.05) is 35.2 Å². The van der Waals surface area contributed by atoms with Crippen LogP contribution in [0.5, 0.6) is 0 Å². The maximum Gasteiger partial charge on any atom is 0.261 e. The zero-order valence-corrected chi connectivity index (χ0v) is 16.9. The summed E-state index contributed by atoms with van der Waals surface area (Å²) >= 11 is 0. The molecule has 2 aliphatic rings. The number of piperidine rings is 1. The molecule has 0 aliphatic carbocycles. The SMILES string of the molecule is Cl.O=C(c1ccc(-c2ccccc2)[nH]c1=O)N1CCCC(N2CCNCC2=O)C1. The first-order chi connectivity index (χ1) is 13.6. The molecule has 1 aromatic carbocycles. The Bertz CT molecular complexity index is 931. The Labute approximate surface area is 175 Å². The molecule has 2 saturated heterocycles. The number of halogens is 1. The molecule has 2 N–H and O–H groups in total. The van der Waals surface area contributed by atoms with Crippen molar-refractivity contribution in [3.05, 3.63) is 58.4 Å². The average molecular weight is 417 g/mol. The summed E-state index contributed by atoms with van der Waals surface area (Å²) in [5.74, 6) is -0.191. The van der Waals surface area contributed by atoms with Gasteiger partial charge in [-0.1, -0.05) is 30.3 Å².